The van der Waals surface area contributed by atoms with Crippen LogP contribution >= 0.6 is 34.7 Å². The number of rotatable bonds is 5. The van der Waals surface area contributed by atoms with Gasteiger partial charge in [0.25, 0.3) is 0 Å². The molecule has 29 heavy (non-hydrogen) atoms. The van der Waals surface area contributed by atoms with Crippen LogP contribution in [0.25, 0.3) is 15.9 Å². The van der Waals surface area contributed by atoms with E-state index < -0.39 is 0 Å². The average molecular weight is 438 g/mol. The van der Waals surface area contributed by atoms with Gasteiger partial charge in [-0.15, -0.1) is 16.4 Å². The van der Waals surface area contributed by atoms with E-state index in [2.05, 4.69) is 20.5 Å². The fraction of sp³-hybridized carbons (Fsp3) is 0. The van der Waals surface area contributed by atoms with Gasteiger partial charge in [-0.25, -0.2) is 4.98 Å². The van der Waals surface area contributed by atoms with Crippen molar-refractivity contribution >= 4 is 44.9 Å². The van der Waals surface area contributed by atoms with E-state index in [-0.39, 0.29) is 0 Å². The van der Waals surface area contributed by atoms with Gasteiger partial charge in [0, 0.05) is 0 Å². The van der Waals surface area contributed by atoms with Gasteiger partial charge in [0.1, 0.15) is 17.0 Å². The molecule has 3 aromatic carbocycles. The maximum atomic E-state index is 6.23. The van der Waals surface area contributed by atoms with E-state index >= 15 is 0 Å². The van der Waals surface area contributed by atoms with E-state index in [9.17, 15) is 0 Å². The first-order valence-electron chi connectivity index (χ1n) is 8.61. The molecule has 6 nitrogen and oxygen atoms in total. The molecule has 5 rings (SSSR count). The highest BCUT2D eigenvalue weighted by atomic mass is 35.5. The Hall–Kier alpha value is -2.94. The molecule has 0 saturated carbocycles. The number of aromatic nitrogens is 5. The summed E-state index contributed by atoms with van der Waals surface area (Å²) in [6, 6.07) is 23.0. The Morgan fingerprint density at radius 1 is 0.897 bits per heavy atom. The first kappa shape index (κ1) is 18.1. The van der Waals surface area contributed by atoms with Gasteiger partial charge in [-0.1, -0.05) is 35.9 Å². The van der Waals surface area contributed by atoms with E-state index in [0.29, 0.717) is 10.2 Å². The fourth-order valence-electron chi connectivity index (χ4n) is 2.70. The minimum Gasteiger partial charge on any atom is -0.457 e. The van der Waals surface area contributed by atoms with Crippen molar-refractivity contribution < 1.29 is 4.74 Å². The summed E-state index contributed by atoms with van der Waals surface area (Å²) in [6.07, 6.45) is 0. The quantitative estimate of drug-likeness (QED) is 0.342. The number of hydrogen-bond donors (Lipinski definition) is 0. The van der Waals surface area contributed by atoms with Crippen molar-refractivity contribution in [1.82, 2.24) is 25.2 Å². The Kier molecular flexibility index (Phi) is 4.89. The highest BCUT2D eigenvalue weighted by molar-refractivity contribution is 8.01. The van der Waals surface area contributed by atoms with E-state index in [1.165, 1.54) is 11.8 Å². The van der Waals surface area contributed by atoms with E-state index in [0.717, 1.165) is 31.7 Å². The number of halogens is 1. The number of para-hydroxylation sites is 2. The molecule has 0 saturated heterocycles. The second-order valence-corrected chi connectivity index (χ2v) is 8.60. The Balaban J connectivity index is 1.38. The molecule has 0 aliphatic rings. The van der Waals surface area contributed by atoms with Crippen LogP contribution in [0.15, 0.2) is 82.3 Å². The molecule has 2 heterocycles. The Morgan fingerprint density at radius 2 is 1.69 bits per heavy atom. The summed E-state index contributed by atoms with van der Waals surface area (Å²) in [5.41, 5.74) is 1.63. The lowest BCUT2D eigenvalue weighted by molar-refractivity contribution is 0.482. The zero-order valence-corrected chi connectivity index (χ0v) is 17.2. The highest BCUT2D eigenvalue weighted by Crippen LogP contribution is 2.36. The summed E-state index contributed by atoms with van der Waals surface area (Å²) in [5, 5.41) is 13.3. The van der Waals surface area contributed by atoms with Crippen LogP contribution in [0.3, 0.4) is 0 Å². The van der Waals surface area contributed by atoms with Crippen molar-refractivity contribution in [3.05, 3.63) is 77.8 Å². The minimum absolute atomic E-state index is 0.622. The number of nitrogens with zero attached hydrogens (tertiary/aromatic N) is 5. The van der Waals surface area contributed by atoms with Crippen molar-refractivity contribution in [3.8, 4) is 17.2 Å². The molecule has 142 valence electrons. The molecule has 2 aromatic heterocycles. The Bertz CT molecular complexity index is 1270. The first-order valence-corrected chi connectivity index (χ1v) is 10.6. The number of thiazole rings is 1. The van der Waals surface area contributed by atoms with Crippen molar-refractivity contribution in [2.45, 2.75) is 9.50 Å². The zero-order chi connectivity index (χ0) is 19.6. The van der Waals surface area contributed by atoms with Crippen molar-refractivity contribution in [3.63, 3.8) is 0 Å². The summed E-state index contributed by atoms with van der Waals surface area (Å²) in [6.45, 7) is 0. The lowest BCUT2D eigenvalue weighted by Gasteiger charge is -2.07. The molecule has 0 spiro atoms. The van der Waals surface area contributed by atoms with E-state index in [1.54, 1.807) is 16.0 Å². The lowest BCUT2D eigenvalue weighted by Crippen LogP contribution is -1.98. The molecule has 0 aliphatic carbocycles. The predicted molar refractivity (Wildman–Crippen MR) is 114 cm³/mol. The van der Waals surface area contributed by atoms with Crippen molar-refractivity contribution in [2.75, 3.05) is 0 Å². The molecule has 0 unspecified atom stereocenters. The van der Waals surface area contributed by atoms with Gasteiger partial charge in [-0.2, -0.15) is 4.68 Å². The molecule has 0 atom stereocenters. The summed E-state index contributed by atoms with van der Waals surface area (Å²) < 4.78 is 9.36. The first-order chi connectivity index (χ1) is 14.3. The van der Waals surface area contributed by atoms with Crippen LogP contribution in [0.4, 0.5) is 0 Å². The van der Waals surface area contributed by atoms with Crippen molar-refractivity contribution in [2.24, 2.45) is 0 Å². The fourth-order valence-corrected chi connectivity index (χ4v) is 4.96. The van der Waals surface area contributed by atoms with Gasteiger partial charge < -0.3 is 4.74 Å². The van der Waals surface area contributed by atoms with Gasteiger partial charge in [0.05, 0.1) is 15.4 Å². The van der Waals surface area contributed by atoms with Crippen LogP contribution in [0.1, 0.15) is 0 Å². The summed E-state index contributed by atoms with van der Waals surface area (Å²) >= 11 is 9.19. The molecule has 9 heteroatoms. The molecular weight excluding hydrogens is 426 g/mol. The van der Waals surface area contributed by atoms with Crippen LogP contribution < -0.4 is 4.74 Å². The van der Waals surface area contributed by atoms with Gasteiger partial charge >= 0.3 is 0 Å². The predicted octanol–water partition coefficient (Wildman–Crippen LogP) is 5.87. The summed E-state index contributed by atoms with van der Waals surface area (Å²) in [5.74, 6) is 1.52. The van der Waals surface area contributed by atoms with Gasteiger partial charge in [0.2, 0.25) is 5.16 Å². The Labute approximate surface area is 179 Å². The number of tetrazole rings is 1. The zero-order valence-electron chi connectivity index (χ0n) is 14.8. The highest BCUT2D eigenvalue weighted by Gasteiger charge is 2.14. The normalized spacial score (nSPS) is 11.1. The van der Waals surface area contributed by atoms with Gasteiger partial charge in [-0.3, -0.25) is 0 Å². The van der Waals surface area contributed by atoms with Crippen LogP contribution in [-0.2, 0) is 0 Å². The molecule has 0 amide bonds. The monoisotopic (exact) mass is 437 g/mol. The second kappa shape index (κ2) is 7.82. The number of ether oxygens (including phenoxy) is 1. The molecule has 0 radical (unpaired) electrons. The SMILES string of the molecule is Clc1cccc2sc(Sc3nnnn3-c3ccc(Oc4ccccc4)cc3)nc12. The molecule has 0 bridgehead atoms. The van der Waals surface area contributed by atoms with Gasteiger partial charge in [0.15, 0.2) is 4.34 Å². The van der Waals surface area contributed by atoms with Crippen molar-refractivity contribution in [1.29, 1.82) is 0 Å². The smallest absolute Gasteiger partial charge is 0.221 e. The third-order valence-electron chi connectivity index (χ3n) is 4.03. The second-order valence-electron chi connectivity index (χ2n) is 5.95. The van der Waals surface area contributed by atoms with E-state index in [1.807, 2.05) is 72.8 Å². The number of fused-ring (bicyclic) bond motifs is 1. The van der Waals surface area contributed by atoms with E-state index in [4.69, 9.17) is 16.3 Å². The molecule has 0 N–H and O–H groups in total. The van der Waals surface area contributed by atoms with Crippen LogP contribution in [0.2, 0.25) is 5.02 Å². The van der Waals surface area contributed by atoms with Crippen LogP contribution in [-0.4, -0.2) is 25.2 Å². The maximum absolute atomic E-state index is 6.23. The number of benzene rings is 3. The third kappa shape index (κ3) is 3.82. The molecule has 0 aliphatic heterocycles. The summed E-state index contributed by atoms with van der Waals surface area (Å²) in [4.78, 5) is 4.60. The largest absolute Gasteiger partial charge is 0.457 e. The van der Waals surface area contributed by atoms with Gasteiger partial charge in [-0.05, 0) is 70.7 Å². The lowest BCUT2D eigenvalue weighted by atomic mass is 10.3. The third-order valence-corrected chi connectivity index (χ3v) is 6.35. The molecule has 0 fully saturated rings. The average Bonchev–Trinajstić information content (AvgIpc) is 3.37. The minimum atomic E-state index is 0.622. The number of hydrogen-bond acceptors (Lipinski definition) is 7. The summed E-state index contributed by atoms with van der Waals surface area (Å²) in [7, 11) is 0. The van der Waals surface area contributed by atoms with Crippen LogP contribution in [0, 0.1) is 0 Å². The topological polar surface area (TPSA) is 65.7 Å². The Morgan fingerprint density at radius 3 is 2.48 bits per heavy atom. The maximum Gasteiger partial charge on any atom is 0.221 e. The standard InChI is InChI=1S/C20H12ClN5OS2/c21-16-7-4-8-17-18(16)22-20(28-17)29-19-23-24-25-26(19)13-9-11-15(12-10-13)27-14-5-2-1-3-6-14/h1-12H. The molecular formula is C20H12ClN5OS2. The van der Waals surface area contributed by atoms with Crippen LogP contribution in [0.5, 0.6) is 11.5 Å². The molecule has 5 aromatic rings.